The summed E-state index contributed by atoms with van der Waals surface area (Å²) in [6.45, 7) is 1.32. The lowest BCUT2D eigenvalue weighted by Gasteiger charge is -2.07. The second kappa shape index (κ2) is 6.61. The van der Waals surface area contributed by atoms with Crippen molar-refractivity contribution < 1.29 is 19.1 Å². The molecule has 0 radical (unpaired) electrons. The molecule has 2 aromatic carbocycles. The molecule has 0 N–H and O–H groups in total. The van der Waals surface area contributed by atoms with Gasteiger partial charge in [-0.3, -0.25) is 4.79 Å². The van der Waals surface area contributed by atoms with E-state index in [2.05, 4.69) is 0 Å². The van der Waals surface area contributed by atoms with Gasteiger partial charge in [-0.15, -0.1) is 0 Å². The van der Waals surface area contributed by atoms with E-state index in [0.29, 0.717) is 11.2 Å². The van der Waals surface area contributed by atoms with Crippen molar-refractivity contribution in [2.24, 2.45) is 0 Å². The summed E-state index contributed by atoms with van der Waals surface area (Å²) in [7, 11) is 1.32. The molecule has 4 aromatic rings. The summed E-state index contributed by atoms with van der Waals surface area (Å²) in [5.74, 6) is -0.850. The summed E-state index contributed by atoms with van der Waals surface area (Å²) in [5.41, 5.74) is 2.35. The summed E-state index contributed by atoms with van der Waals surface area (Å²) in [6.07, 6.45) is 1.87. The van der Waals surface area contributed by atoms with Crippen LogP contribution in [-0.4, -0.2) is 23.4 Å². The Hall–Kier alpha value is -3.60. The molecule has 0 amide bonds. The van der Waals surface area contributed by atoms with Crippen LogP contribution in [0.5, 0.6) is 5.75 Å². The third kappa shape index (κ3) is 2.73. The van der Waals surface area contributed by atoms with Crippen molar-refractivity contribution in [2.45, 2.75) is 6.92 Å². The van der Waals surface area contributed by atoms with E-state index >= 15 is 0 Å². The van der Waals surface area contributed by atoms with Gasteiger partial charge in [0.05, 0.1) is 18.3 Å². The predicted molar refractivity (Wildman–Crippen MR) is 103 cm³/mol. The van der Waals surface area contributed by atoms with Crippen LogP contribution < -0.4 is 4.74 Å². The molecule has 27 heavy (non-hydrogen) atoms. The molecule has 0 spiro atoms. The zero-order valence-corrected chi connectivity index (χ0v) is 14.9. The van der Waals surface area contributed by atoms with Crippen molar-refractivity contribution in [1.82, 2.24) is 4.40 Å². The van der Waals surface area contributed by atoms with Gasteiger partial charge in [-0.25, -0.2) is 4.79 Å². The lowest BCUT2D eigenvalue weighted by molar-refractivity contribution is -0.131. The maximum absolute atomic E-state index is 12.7. The Bertz CT molecular complexity index is 1180. The first-order valence-electron chi connectivity index (χ1n) is 8.49. The number of esters is 2. The molecule has 0 aliphatic carbocycles. The van der Waals surface area contributed by atoms with Crippen molar-refractivity contribution in [3.05, 3.63) is 72.4 Å². The molecule has 5 nitrogen and oxygen atoms in total. The predicted octanol–water partition coefficient (Wildman–Crippen LogP) is 4.47. The molecule has 2 heterocycles. The Morgan fingerprint density at radius 1 is 0.926 bits per heavy atom. The van der Waals surface area contributed by atoms with Crippen LogP contribution in [0.4, 0.5) is 0 Å². The summed E-state index contributed by atoms with van der Waals surface area (Å²) >= 11 is 0. The van der Waals surface area contributed by atoms with Crippen LogP contribution in [0.25, 0.3) is 27.5 Å². The third-order valence-electron chi connectivity index (χ3n) is 4.46. The average molecular weight is 359 g/mol. The fourth-order valence-corrected chi connectivity index (χ4v) is 3.39. The standard InChI is InChI=1S/C22H17NO4/c1-14(24)27-21-18(22(25)26-2)20-17-11-7-6-8-15(17)12-13-23(20)19(21)16-9-4-3-5-10-16/h3-13H,1-2H3. The normalized spacial score (nSPS) is 10.9. The van der Waals surface area contributed by atoms with Gasteiger partial charge in [-0.1, -0.05) is 54.6 Å². The van der Waals surface area contributed by atoms with E-state index in [-0.39, 0.29) is 11.3 Å². The Labute approximate surface area is 155 Å². The van der Waals surface area contributed by atoms with Crippen molar-refractivity contribution in [3.63, 3.8) is 0 Å². The van der Waals surface area contributed by atoms with Crippen molar-refractivity contribution in [3.8, 4) is 17.0 Å². The monoisotopic (exact) mass is 359 g/mol. The SMILES string of the molecule is COC(=O)c1c(OC(C)=O)c(-c2ccccc2)n2ccc3ccccc3c12. The highest BCUT2D eigenvalue weighted by Crippen LogP contribution is 2.41. The Balaban J connectivity index is 2.22. The van der Waals surface area contributed by atoms with E-state index in [0.717, 1.165) is 16.3 Å². The lowest BCUT2D eigenvalue weighted by atomic mass is 10.1. The van der Waals surface area contributed by atoms with Gasteiger partial charge >= 0.3 is 11.9 Å². The van der Waals surface area contributed by atoms with Crippen LogP contribution in [0.15, 0.2) is 66.9 Å². The molecule has 0 saturated heterocycles. The quantitative estimate of drug-likeness (QED) is 0.506. The van der Waals surface area contributed by atoms with Gasteiger partial charge in [0.25, 0.3) is 0 Å². The van der Waals surface area contributed by atoms with Gasteiger partial charge in [0.2, 0.25) is 0 Å². The van der Waals surface area contributed by atoms with Gasteiger partial charge in [0.15, 0.2) is 5.75 Å². The van der Waals surface area contributed by atoms with Crippen molar-refractivity contribution in [2.75, 3.05) is 7.11 Å². The van der Waals surface area contributed by atoms with E-state index < -0.39 is 11.9 Å². The number of aromatic nitrogens is 1. The fraction of sp³-hybridized carbons (Fsp3) is 0.0909. The van der Waals surface area contributed by atoms with Crippen molar-refractivity contribution in [1.29, 1.82) is 0 Å². The Kier molecular flexibility index (Phi) is 4.12. The minimum Gasteiger partial charge on any atom is -0.465 e. The minimum absolute atomic E-state index is 0.205. The van der Waals surface area contributed by atoms with E-state index in [1.807, 2.05) is 71.3 Å². The molecule has 0 bridgehead atoms. The molecular formula is C22H17NO4. The summed E-state index contributed by atoms with van der Waals surface area (Å²) in [5, 5.41) is 1.85. The molecule has 0 atom stereocenters. The first-order valence-corrected chi connectivity index (χ1v) is 8.49. The molecule has 0 unspecified atom stereocenters. The number of ether oxygens (including phenoxy) is 2. The number of hydrogen-bond acceptors (Lipinski definition) is 4. The van der Waals surface area contributed by atoms with Crippen LogP contribution >= 0.6 is 0 Å². The van der Waals surface area contributed by atoms with Crippen molar-refractivity contribution >= 4 is 28.2 Å². The van der Waals surface area contributed by atoms with Crippen LogP contribution in [-0.2, 0) is 9.53 Å². The maximum Gasteiger partial charge on any atom is 0.343 e. The molecule has 0 aliphatic heterocycles. The van der Waals surface area contributed by atoms with Crippen LogP contribution in [0.3, 0.4) is 0 Å². The second-order valence-corrected chi connectivity index (χ2v) is 6.13. The number of pyridine rings is 1. The number of fused-ring (bicyclic) bond motifs is 3. The molecule has 0 aliphatic rings. The molecule has 5 heteroatoms. The topological polar surface area (TPSA) is 57.0 Å². The highest BCUT2D eigenvalue weighted by atomic mass is 16.5. The van der Waals surface area contributed by atoms with E-state index in [1.165, 1.54) is 14.0 Å². The third-order valence-corrected chi connectivity index (χ3v) is 4.46. The number of nitrogens with zero attached hydrogens (tertiary/aromatic N) is 1. The zero-order valence-electron chi connectivity index (χ0n) is 14.9. The molecular weight excluding hydrogens is 342 g/mol. The van der Waals surface area contributed by atoms with E-state index in [1.54, 1.807) is 0 Å². The lowest BCUT2D eigenvalue weighted by Crippen LogP contribution is -2.08. The number of methoxy groups -OCH3 is 1. The number of hydrogen-bond donors (Lipinski definition) is 0. The molecule has 134 valence electrons. The van der Waals surface area contributed by atoms with E-state index in [4.69, 9.17) is 9.47 Å². The van der Waals surface area contributed by atoms with Crippen LogP contribution in [0.1, 0.15) is 17.3 Å². The Morgan fingerprint density at radius 3 is 2.33 bits per heavy atom. The molecule has 4 rings (SSSR count). The highest BCUT2D eigenvalue weighted by Gasteiger charge is 2.28. The first-order chi connectivity index (χ1) is 13.1. The maximum atomic E-state index is 12.7. The molecule has 2 aromatic heterocycles. The smallest absolute Gasteiger partial charge is 0.343 e. The number of carbonyl (C=O) groups excluding carboxylic acids is 2. The van der Waals surface area contributed by atoms with E-state index in [9.17, 15) is 9.59 Å². The zero-order chi connectivity index (χ0) is 19.0. The summed E-state index contributed by atoms with van der Waals surface area (Å²) < 4.78 is 12.4. The first kappa shape index (κ1) is 16.8. The Morgan fingerprint density at radius 2 is 1.63 bits per heavy atom. The number of rotatable bonds is 3. The van der Waals surface area contributed by atoms with Crippen LogP contribution in [0.2, 0.25) is 0 Å². The average Bonchev–Trinajstić information content (AvgIpc) is 3.01. The van der Waals surface area contributed by atoms with Gasteiger partial charge in [-0.05, 0) is 11.5 Å². The van der Waals surface area contributed by atoms with Gasteiger partial charge < -0.3 is 13.9 Å². The minimum atomic E-state index is -0.553. The number of carbonyl (C=O) groups is 2. The fourth-order valence-electron chi connectivity index (χ4n) is 3.39. The van der Waals surface area contributed by atoms with Gasteiger partial charge in [0, 0.05) is 24.1 Å². The summed E-state index contributed by atoms with van der Waals surface area (Å²) in [4.78, 5) is 24.5. The molecule has 0 saturated carbocycles. The summed E-state index contributed by atoms with van der Waals surface area (Å²) in [6, 6.07) is 19.2. The highest BCUT2D eigenvalue weighted by molar-refractivity contribution is 6.12. The second-order valence-electron chi connectivity index (χ2n) is 6.13. The molecule has 0 fully saturated rings. The number of benzene rings is 2. The van der Waals surface area contributed by atoms with Gasteiger partial charge in [-0.2, -0.15) is 0 Å². The van der Waals surface area contributed by atoms with Gasteiger partial charge in [0.1, 0.15) is 5.56 Å². The largest absolute Gasteiger partial charge is 0.465 e. The van der Waals surface area contributed by atoms with Crippen LogP contribution in [0, 0.1) is 0 Å².